The van der Waals surface area contributed by atoms with Gasteiger partial charge < -0.3 is 4.52 Å². The fourth-order valence-corrected chi connectivity index (χ4v) is 5.16. The third-order valence-electron chi connectivity index (χ3n) is 5.35. The Morgan fingerprint density at radius 1 is 1.12 bits per heavy atom. The molecule has 0 spiro atoms. The molecule has 0 unspecified atom stereocenters. The van der Waals surface area contributed by atoms with Crippen LogP contribution in [0.5, 0.6) is 0 Å². The molecule has 0 aliphatic heterocycles. The topological polar surface area (TPSA) is 63.4 Å². The van der Waals surface area contributed by atoms with Crippen molar-refractivity contribution >= 4 is 10.0 Å². The number of hydrogen-bond acceptors (Lipinski definition) is 4. The molecule has 0 radical (unpaired) electrons. The molecule has 0 saturated heterocycles. The molecule has 6 heteroatoms. The molecule has 25 heavy (non-hydrogen) atoms. The van der Waals surface area contributed by atoms with E-state index in [-0.39, 0.29) is 6.04 Å². The molecule has 5 nitrogen and oxygen atoms in total. The lowest BCUT2D eigenvalue weighted by molar-refractivity contribution is 0.285. The van der Waals surface area contributed by atoms with Gasteiger partial charge in [-0.15, -0.1) is 0 Å². The first kappa shape index (κ1) is 18.1. The quantitative estimate of drug-likeness (QED) is 0.817. The van der Waals surface area contributed by atoms with Crippen molar-refractivity contribution in [2.45, 2.75) is 63.8 Å². The summed E-state index contributed by atoms with van der Waals surface area (Å²) in [4.78, 5) is 0.353. The minimum Gasteiger partial charge on any atom is -0.356 e. The van der Waals surface area contributed by atoms with Crippen molar-refractivity contribution in [3.63, 3.8) is 0 Å². The molecule has 1 aromatic carbocycles. The number of nitrogens with zero attached hydrogens (tertiary/aromatic N) is 2. The van der Waals surface area contributed by atoms with Crippen molar-refractivity contribution in [1.29, 1.82) is 0 Å². The van der Waals surface area contributed by atoms with E-state index in [1.54, 1.807) is 17.4 Å². The van der Waals surface area contributed by atoms with Crippen molar-refractivity contribution in [2.24, 2.45) is 0 Å². The summed E-state index contributed by atoms with van der Waals surface area (Å²) >= 11 is 0. The van der Waals surface area contributed by atoms with Crippen LogP contribution in [0.3, 0.4) is 0 Å². The summed E-state index contributed by atoms with van der Waals surface area (Å²) < 4.78 is 33.4. The summed E-state index contributed by atoms with van der Waals surface area (Å²) in [6, 6.07) is 5.55. The highest BCUT2D eigenvalue weighted by atomic mass is 32.2. The maximum atomic E-state index is 13.2. The van der Waals surface area contributed by atoms with Gasteiger partial charge in [-0.05, 0) is 45.2 Å². The first-order chi connectivity index (χ1) is 11.8. The first-order valence-corrected chi connectivity index (χ1v) is 10.3. The van der Waals surface area contributed by atoms with Crippen molar-refractivity contribution in [1.82, 2.24) is 9.46 Å². The molecule has 0 N–H and O–H groups in total. The zero-order valence-corrected chi connectivity index (χ0v) is 16.2. The standard InChI is InChI=1S/C19H26N2O3S/c1-13-10-11-16(19-14(2)15(3)20-24-19)12-18(13)25(22,23)21(4)17-8-6-5-7-9-17/h10-12,17H,5-9H2,1-4H3. The Hall–Kier alpha value is -1.66. The summed E-state index contributed by atoms with van der Waals surface area (Å²) in [6.07, 6.45) is 5.27. The predicted octanol–water partition coefficient (Wildman–Crippen LogP) is 4.22. The molecule has 1 aliphatic carbocycles. The van der Waals surface area contributed by atoms with Crippen LogP contribution in [0.2, 0.25) is 0 Å². The van der Waals surface area contributed by atoms with Crippen LogP contribution in [0.15, 0.2) is 27.6 Å². The van der Waals surface area contributed by atoms with Gasteiger partial charge in [0, 0.05) is 24.2 Å². The van der Waals surface area contributed by atoms with Crippen LogP contribution in [-0.4, -0.2) is 31.0 Å². The van der Waals surface area contributed by atoms with E-state index in [4.69, 9.17) is 4.52 Å². The van der Waals surface area contributed by atoms with Crippen LogP contribution in [-0.2, 0) is 10.0 Å². The number of hydrogen-bond donors (Lipinski definition) is 0. The van der Waals surface area contributed by atoms with Crippen molar-refractivity contribution in [3.8, 4) is 11.3 Å². The van der Waals surface area contributed by atoms with Gasteiger partial charge in [0.05, 0.1) is 10.6 Å². The fourth-order valence-electron chi connectivity index (χ4n) is 3.50. The van der Waals surface area contributed by atoms with E-state index in [1.165, 1.54) is 6.42 Å². The Morgan fingerprint density at radius 2 is 1.80 bits per heavy atom. The van der Waals surface area contributed by atoms with Gasteiger partial charge in [0.1, 0.15) is 0 Å². The monoisotopic (exact) mass is 362 g/mol. The molecular weight excluding hydrogens is 336 g/mol. The van der Waals surface area contributed by atoms with Gasteiger partial charge in [-0.25, -0.2) is 8.42 Å². The smallest absolute Gasteiger partial charge is 0.243 e. The lowest BCUT2D eigenvalue weighted by atomic mass is 9.96. The van der Waals surface area contributed by atoms with E-state index >= 15 is 0 Å². The Morgan fingerprint density at radius 3 is 2.40 bits per heavy atom. The van der Waals surface area contributed by atoms with E-state index < -0.39 is 10.0 Å². The zero-order chi connectivity index (χ0) is 18.2. The molecule has 3 rings (SSSR count). The van der Waals surface area contributed by atoms with Gasteiger partial charge in [-0.3, -0.25) is 0 Å². The molecule has 2 aromatic rings. The fraction of sp³-hybridized carbons (Fsp3) is 0.526. The highest BCUT2D eigenvalue weighted by molar-refractivity contribution is 7.89. The maximum Gasteiger partial charge on any atom is 0.243 e. The van der Waals surface area contributed by atoms with Crippen LogP contribution in [0.1, 0.15) is 48.9 Å². The van der Waals surface area contributed by atoms with Crippen molar-refractivity contribution in [2.75, 3.05) is 7.05 Å². The summed E-state index contributed by atoms with van der Waals surface area (Å²) in [5, 5.41) is 3.98. The minimum absolute atomic E-state index is 0.0936. The summed E-state index contributed by atoms with van der Waals surface area (Å²) in [5.41, 5.74) is 3.26. The molecule has 1 saturated carbocycles. The van der Waals surface area contributed by atoms with Crippen molar-refractivity contribution in [3.05, 3.63) is 35.0 Å². The Bertz CT molecular complexity index is 865. The van der Waals surface area contributed by atoms with Gasteiger partial charge in [0.2, 0.25) is 10.0 Å². The third kappa shape index (κ3) is 3.37. The predicted molar refractivity (Wildman–Crippen MR) is 98.0 cm³/mol. The maximum absolute atomic E-state index is 13.2. The average molecular weight is 362 g/mol. The molecule has 0 bridgehead atoms. The van der Waals surface area contributed by atoms with Gasteiger partial charge in [-0.1, -0.05) is 36.6 Å². The van der Waals surface area contributed by atoms with Gasteiger partial charge >= 0.3 is 0 Å². The average Bonchev–Trinajstić information content (AvgIpc) is 2.94. The lowest BCUT2D eigenvalue weighted by Crippen LogP contribution is -2.38. The number of rotatable bonds is 4. The second-order valence-electron chi connectivity index (χ2n) is 7.02. The third-order valence-corrected chi connectivity index (χ3v) is 7.41. The van der Waals surface area contributed by atoms with Crippen LogP contribution >= 0.6 is 0 Å². The van der Waals surface area contributed by atoms with Gasteiger partial charge in [0.25, 0.3) is 0 Å². The minimum atomic E-state index is -3.53. The second-order valence-corrected chi connectivity index (χ2v) is 8.98. The second kappa shape index (κ2) is 6.92. The van der Waals surface area contributed by atoms with E-state index in [2.05, 4.69) is 5.16 Å². The van der Waals surface area contributed by atoms with E-state index in [1.807, 2.05) is 32.9 Å². The number of aryl methyl sites for hydroxylation is 2. The number of sulfonamides is 1. The molecule has 1 aliphatic rings. The highest BCUT2D eigenvalue weighted by Gasteiger charge is 2.30. The lowest BCUT2D eigenvalue weighted by Gasteiger charge is -2.30. The molecule has 1 fully saturated rings. The largest absolute Gasteiger partial charge is 0.356 e. The van der Waals surface area contributed by atoms with Gasteiger partial charge in [-0.2, -0.15) is 4.31 Å². The molecule has 1 heterocycles. The zero-order valence-electron chi connectivity index (χ0n) is 15.4. The molecule has 1 aromatic heterocycles. The van der Waals surface area contributed by atoms with E-state index in [9.17, 15) is 8.42 Å². The SMILES string of the molecule is Cc1ccc(-c2onc(C)c2C)cc1S(=O)(=O)N(C)C1CCCCC1. The Balaban J connectivity index is 2.00. The van der Waals surface area contributed by atoms with Crippen LogP contribution in [0.4, 0.5) is 0 Å². The van der Waals surface area contributed by atoms with Crippen molar-refractivity contribution < 1.29 is 12.9 Å². The highest BCUT2D eigenvalue weighted by Crippen LogP contribution is 2.32. The van der Waals surface area contributed by atoms with Crippen LogP contribution in [0.25, 0.3) is 11.3 Å². The number of aromatic nitrogens is 1. The van der Waals surface area contributed by atoms with Gasteiger partial charge in [0.15, 0.2) is 5.76 Å². The Labute approximate surface area is 150 Å². The van der Waals surface area contributed by atoms with Crippen LogP contribution in [0, 0.1) is 20.8 Å². The molecule has 0 amide bonds. The molecule has 0 atom stereocenters. The summed E-state index contributed by atoms with van der Waals surface area (Å²) in [6.45, 7) is 5.65. The number of benzene rings is 1. The Kier molecular flexibility index (Phi) is 5.02. The first-order valence-electron chi connectivity index (χ1n) is 8.84. The summed E-state index contributed by atoms with van der Waals surface area (Å²) in [5.74, 6) is 0.634. The van der Waals surface area contributed by atoms with E-state index in [0.29, 0.717) is 10.7 Å². The van der Waals surface area contributed by atoms with E-state index in [0.717, 1.165) is 48.1 Å². The molecule has 136 valence electrons. The summed E-state index contributed by atoms with van der Waals surface area (Å²) in [7, 11) is -1.82. The normalized spacial score (nSPS) is 16.5. The van der Waals surface area contributed by atoms with Crippen LogP contribution < -0.4 is 0 Å². The molecular formula is C19H26N2O3S.